The van der Waals surface area contributed by atoms with Gasteiger partial charge in [-0.15, -0.1) is 13.2 Å². The van der Waals surface area contributed by atoms with E-state index in [4.69, 9.17) is 29.6 Å². The Morgan fingerprint density at radius 1 is 0.506 bits per heavy atom. The highest BCUT2D eigenvalue weighted by atomic mass is 17.2. The number of hydrogen-bond donors (Lipinski definition) is 7. The smallest absolute Gasteiger partial charge is 0.407 e. The van der Waals surface area contributed by atoms with E-state index in [1.54, 1.807) is 0 Å². The van der Waals surface area contributed by atoms with Crippen LogP contribution in [-0.2, 0) is 79.9 Å². The first kappa shape index (κ1) is 74.1. The first-order valence-corrected chi connectivity index (χ1v) is 28.5. The van der Waals surface area contributed by atoms with Crippen LogP contribution in [0.25, 0.3) is 0 Å². The Morgan fingerprint density at radius 3 is 1.29 bits per heavy atom. The van der Waals surface area contributed by atoms with Crippen molar-refractivity contribution in [1.82, 2.24) is 31.9 Å². The summed E-state index contributed by atoms with van der Waals surface area (Å²) in [5.41, 5.74) is 7.03. The molecule has 4 unspecified atom stereocenters. The summed E-state index contributed by atoms with van der Waals surface area (Å²) in [6.45, 7) is 14.9. The van der Waals surface area contributed by atoms with Gasteiger partial charge in [0.15, 0.2) is 23.1 Å². The van der Waals surface area contributed by atoms with Gasteiger partial charge in [-0.2, -0.15) is 0 Å². The number of alkyl carbamates (subject to hydrolysis) is 2. The summed E-state index contributed by atoms with van der Waals surface area (Å²) in [5.74, 6) is -4.85. The quantitative estimate of drug-likeness (QED) is 0.0206. The van der Waals surface area contributed by atoms with E-state index in [1.165, 1.54) is 7.11 Å². The summed E-state index contributed by atoms with van der Waals surface area (Å²) in [7, 11) is 1.39. The second kappa shape index (κ2) is 46.6. The molecule has 0 saturated heterocycles. The molecule has 83 heavy (non-hydrogen) atoms. The molecule has 0 aliphatic rings. The predicted octanol–water partition coefficient (Wildman–Crippen LogP) is 4.61. The van der Waals surface area contributed by atoms with E-state index in [2.05, 4.69) is 49.9 Å². The van der Waals surface area contributed by atoms with Crippen LogP contribution in [0.2, 0.25) is 0 Å². The van der Waals surface area contributed by atoms with Crippen LogP contribution in [0.15, 0.2) is 73.8 Å². The molecule has 0 aromatic heterocycles. The number of amides is 6. The number of Topliss-reactive ketones (excluding diaryl/α,β-unsaturated/α-hetero) is 4. The molecule has 4 atom stereocenters. The largest absolute Gasteiger partial charge is 0.447 e. The Balaban J connectivity index is 0.0000170. The number of benzene rings is 2. The van der Waals surface area contributed by atoms with Crippen LogP contribution in [0.3, 0.4) is 0 Å². The maximum absolute atomic E-state index is 13.8. The maximum Gasteiger partial charge on any atom is 0.407 e. The van der Waals surface area contributed by atoms with E-state index in [0.29, 0.717) is 58.4 Å². The number of hydrogen-bond acceptors (Lipinski definition) is 17. The van der Waals surface area contributed by atoms with Crippen LogP contribution >= 0.6 is 0 Å². The van der Waals surface area contributed by atoms with Crippen molar-refractivity contribution in [2.24, 2.45) is 29.4 Å². The predicted molar refractivity (Wildman–Crippen MR) is 311 cm³/mol. The van der Waals surface area contributed by atoms with Crippen LogP contribution in [0, 0.1) is 23.7 Å². The van der Waals surface area contributed by atoms with Crippen LogP contribution in [0.4, 0.5) is 9.59 Å². The van der Waals surface area contributed by atoms with Gasteiger partial charge in [0.2, 0.25) is 23.6 Å². The van der Waals surface area contributed by atoms with Crippen molar-refractivity contribution in [3.05, 3.63) is 84.9 Å². The molecule has 0 spiro atoms. The van der Waals surface area contributed by atoms with E-state index in [9.17, 15) is 47.9 Å². The summed E-state index contributed by atoms with van der Waals surface area (Å²) < 4.78 is 21.0. The van der Waals surface area contributed by atoms with Crippen LogP contribution in [0.5, 0.6) is 0 Å². The molecule has 0 aliphatic heterocycles. The lowest BCUT2D eigenvalue weighted by Crippen LogP contribution is -2.46. The van der Waals surface area contributed by atoms with Crippen molar-refractivity contribution in [2.45, 2.75) is 123 Å². The van der Waals surface area contributed by atoms with Gasteiger partial charge >= 0.3 is 12.2 Å². The Bertz CT molecular complexity index is 2220. The molecular weight excluding hydrogens is 1070 g/mol. The number of ketones is 4. The topological polar surface area (TPSA) is 324 Å². The Labute approximate surface area is 489 Å². The first-order valence-electron chi connectivity index (χ1n) is 28.5. The van der Waals surface area contributed by atoms with Crippen LogP contribution < -0.4 is 37.6 Å². The highest BCUT2D eigenvalue weighted by Crippen LogP contribution is 2.18. The van der Waals surface area contributed by atoms with Crippen molar-refractivity contribution >= 4 is 58.9 Å². The average molecular weight is 1170 g/mol. The highest BCUT2D eigenvalue weighted by molar-refractivity contribution is 5.95. The lowest BCUT2D eigenvalue weighted by atomic mass is 9.91. The number of carbonyl (C=O) groups excluding carboxylic acids is 10. The number of rotatable bonds is 46. The molecule has 0 radical (unpaired) electrons. The average Bonchev–Trinajstić information content (AvgIpc) is 3.46. The van der Waals surface area contributed by atoms with Gasteiger partial charge in [0.1, 0.15) is 13.2 Å². The molecule has 2 aromatic carbocycles. The molecule has 0 saturated carbocycles. The van der Waals surface area contributed by atoms with Gasteiger partial charge in [-0.3, -0.25) is 38.4 Å². The zero-order valence-electron chi connectivity index (χ0n) is 49.4. The summed E-state index contributed by atoms with van der Waals surface area (Å²) in [6, 6.07) is 16.4. The molecule has 2 rings (SSSR count). The van der Waals surface area contributed by atoms with Crippen LogP contribution in [0.1, 0.15) is 109 Å². The van der Waals surface area contributed by atoms with E-state index < -0.39 is 66.0 Å². The maximum atomic E-state index is 13.8. The van der Waals surface area contributed by atoms with Crippen LogP contribution in [-0.4, -0.2) is 157 Å². The minimum Gasteiger partial charge on any atom is -0.447 e. The summed E-state index contributed by atoms with van der Waals surface area (Å²) in [4.78, 5) is 140. The van der Waals surface area contributed by atoms with Gasteiger partial charge in [-0.25, -0.2) is 19.4 Å². The molecule has 0 bridgehead atoms. The van der Waals surface area contributed by atoms with Gasteiger partial charge < -0.3 is 56.6 Å². The van der Waals surface area contributed by atoms with Gasteiger partial charge in [0.05, 0.1) is 52.1 Å². The molecule has 464 valence electrons. The monoisotopic (exact) mass is 1170 g/mol. The first-order chi connectivity index (χ1) is 39.9. The minimum atomic E-state index is -0.904. The molecule has 0 aliphatic carbocycles. The van der Waals surface area contributed by atoms with Crippen molar-refractivity contribution in [2.75, 3.05) is 86.1 Å². The molecule has 2 aromatic rings. The Hall–Kier alpha value is -6.92. The number of carbonyl (C=O) groups is 10. The lowest BCUT2D eigenvalue weighted by molar-refractivity contribution is -0.272. The molecule has 23 nitrogen and oxygen atoms in total. The fraction of sp³-hybridized carbons (Fsp3) is 0.600. The van der Waals surface area contributed by atoms with E-state index in [-0.39, 0.29) is 133 Å². The normalized spacial score (nSPS) is 12.3. The molecular formula is C60H93N7O16. The standard InChI is InChI=1S/C58H89N7O16.C2H4/c1-41(2)33-49(64-55(72)45(35-43-15-8-6-9-16-43)37-47(66)39-62-57(74)79-31-29-77-26-12-23-59)51(68)19-21-53(70)60-24-13-27-78-30-32-80-58(75)63-40-48(67)38-46(36-44-17-10-7-11-18-44)56(73)65-50(34-42(3)4)52(69)20-22-54(71)61-25-14-28-81-76-5;1-2/h6-11,15-18,41-42,45-46,49-50H,12-14,19-40,59H2,1-5H3,(H,60,70)(H,61,71)(H,62,74)(H,63,75)(H,64,72)(H,65,73);1-2H2. The number of ether oxygens (including phenoxy) is 4. The van der Waals surface area contributed by atoms with E-state index in [0.717, 1.165) is 11.1 Å². The number of nitrogens with two attached hydrogens (primary N) is 1. The number of nitrogens with one attached hydrogen (secondary N) is 6. The Kier molecular flexibility index (Phi) is 41.6. The summed E-state index contributed by atoms with van der Waals surface area (Å²) in [5, 5.41) is 16.0. The fourth-order valence-corrected chi connectivity index (χ4v) is 8.13. The lowest BCUT2D eigenvalue weighted by Gasteiger charge is -2.23. The second-order valence-corrected chi connectivity index (χ2v) is 20.3. The van der Waals surface area contributed by atoms with E-state index in [1.807, 2.05) is 88.4 Å². The Morgan fingerprint density at radius 2 is 0.904 bits per heavy atom. The zero-order valence-corrected chi connectivity index (χ0v) is 49.4. The summed E-state index contributed by atoms with van der Waals surface area (Å²) >= 11 is 0. The minimum absolute atomic E-state index is 0.0106. The third kappa shape index (κ3) is 37.7. The summed E-state index contributed by atoms with van der Waals surface area (Å²) in [6.07, 6.45) is 0.124. The molecule has 0 heterocycles. The third-order valence-electron chi connectivity index (χ3n) is 12.3. The van der Waals surface area contributed by atoms with Crippen molar-refractivity contribution < 1.29 is 76.7 Å². The second-order valence-electron chi connectivity index (χ2n) is 20.3. The third-order valence-corrected chi connectivity index (χ3v) is 12.3. The fourth-order valence-electron chi connectivity index (χ4n) is 8.13. The van der Waals surface area contributed by atoms with Crippen molar-refractivity contribution in [3.63, 3.8) is 0 Å². The zero-order chi connectivity index (χ0) is 61.6. The van der Waals surface area contributed by atoms with Crippen molar-refractivity contribution in [3.8, 4) is 0 Å². The van der Waals surface area contributed by atoms with Gasteiger partial charge in [-0.05, 0) is 74.5 Å². The van der Waals surface area contributed by atoms with Crippen molar-refractivity contribution in [1.29, 1.82) is 0 Å². The molecule has 23 heteroatoms. The SMILES string of the molecule is C=C.COOCCCNC(=O)CCC(=O)C(CC(C)C)NC(=O)C(CC(=O)CNC(=O)OCCOCCCNC(=O)CCC(=O)C(CC(C)C)NC(=O)C(CC(=O)CNC(=O)OCCOCCCN)Cc1ccccc1)Cc1ccccc1. The molecule has 8 N–H and O–H groups in total. The molecule has 0 fully saturated rings. The highest BCUT2D eigenvalue weighted by Gasteiger charge is 2.30. The van der Waals surface area contributed by atoms with Gasteiger partial charge in [0, 0.05) is 76.7 Å². The molecule has 6 amide bonds. The van der Waals surface area contributed by atoms with Gasteiger partial charge in [0.25, 0.3) is 0 Å². The van der Waals surface area contributed by atoms with Gasteiger partial charge in [-0.1, -0.05) is 88.4 Å². The van der Waals surface area contributed by atoms with E-state index >= 15 is 0 Å².